The molecular formula is C16H14ClFN2O2. The predicted octanol–water partition coefficient (Wildman–Crippen LogP) is 3.04. The fourth-order valence-electron chi connectivity index (χ4n) is 1.82. The highest BCUT2D eigenvalue weighted by Gasteiger charge is 2.14. The molecule has 0 saturated heterocycles. The lowest BCUT2D eigenvalue weighted by Gasteiger charge is -2.09. The average Bonchev–Trinajstić information content (AvgIpc) is 2.48. The number of nitrogens with one attached hydrogen (secondary N) is 2. The number of benzene rings is 2. The number of carbonyl (C=O) groups excluding carboxylic acids is 2. The first kappa shape index (κ1) is 16.0. The van der Waals surface area contributed by atoms with Gasteiger partial charge in [-0.2, -0.15) is 0 Å². The van der Waals surface area contributed by atoms with E-state index in [0.717, 1.165) is 11.6 Å². The Kier molecular flexibility index (Phi) is 5.12. The molecule has 0 aromatic heterocycles. The molecule has 0 atom stereocenters. The second-order valence-corrected chi connectivity index (χ2v) is 5.16. The maximum Gasteiger partial charge on any atom is 0.313 e. The SMILES string of the molecule is Cc1ccc(F)cc1NC(=O)C(=O)NCc1cccc(Cl)c1. The molecule has 2 amide bonds. The molecule has 22 heavy (non-hydrogen) atoms. The minimum absolute atomic E-state index is 0.176. The highest BCUT2D eigenvalue weighted by atomic mass is 35.5. The van der Waals surface area contributed by atoms with Crippen molar-refractivity contribution in [3.63, 3.8) is 0 Å². The Bertz CT molecular complexity index is 719. The first-order valence-corrected chi connectivity index (χ1v) is 6.93. The largest absolute Gasteiger partial charge is 0.344 e. The van der Waals surface area contributed by atoms with Crippen LogP contribution in [0.2, 0.25) is 5.02 Å². The number of rotatable bonds is 3. The number of anilines is 1. The van der Waals surface area contributed by atoms with Gasteiger partial charge in [-0.15, -0.1) is 0 Å². The maximum atomic E-state index is 13.1. The Labute approximate surface area is 132 Å². The number of hydrogen-bond donors (Lipinski definition) is 2. The summed E-state index contributed by atoms with van der Waals surface area (Å²) in [5.41, 5.74) is 1.70. The Morgan fingerprint density at radius 3 is 2.64 bits per heavy atom. The molecule has 0 radical (unpaired) electrons. The van der Waals surface area contributed by atoms with Crippen molar-refractivity contribution in [2.24, 2.45) is 0 Å². The van der Waals surface area contributed by atoms with E-state index in [2.05, 4.69) is 10.6 Å². The summed E-state index contributed by atoms with van der Waals surface area (Å²) in [5, 5.41) is 5.41. The molecule has 0 fully saturated rings. The lowest BCUT2D eigenvalue weighted by molar-refractivity contribution is -0.136. The second-order valence-electron chi connectivity index (χ2n) is 4.73. The Morgan fingerprint density at radius 2 is 1.91 bits per heavy atom. The molecular weight excluding hydrogens is 307 g/mol. The van der Waals surface area contributed by atoms with Gasteiger partial charge in [-0.3, -0.25) is 9.59 Å². The van der Waals surface area contributed by atoms with Gasteiger partial charge in [-0.05, 0) is 42.3 Å². The zero-order valence-electron chi connectivity index (χ0n) is 11.8. The van der Waals surface area contributed by atoms with Crippen LogP contribution in [0.15, 0.2) is 42.5 Å². The smallest absolute Gasteiger partial charge is 0.313 e. The van der Waals surface area contributed by atoms with Crippen molar-refractivity contribution in [1.82, 2.24) is 5.32 Å². The molecule has 4 nitrogen and oxygen atoms in total. The van der Waals surface area contributed by atoms with Gasteiger partial charge in [0.05, 0.1) is 0 Å². The molecule has 0 aliphatic heterocycles. The van der Waals surface area contributed by atoms with Gasteiger partial charge in [0.2, 0.25) is 0 Å². The summed E-state index contributed by atoms with van der Waals surface area (Å²) in [4.78, 5) is 23.5. The lowest BCUT2D eigenvalue weighted by atomic mass is 10.2. The van der Waals surface area contributed by atoms with Crippen LogP contribution in [0.1, 0.15) is 11.1 Å². The van der Waals surface area contributed by atoms with Crippen molar-refractivity contribution in [3.05, 3.63) is 64.4 Å². The van der Waals surface area contributed by atoms with Crippen LogP contribution < -0.4 is 10.6 Å². The first-order chi connectivity index (χ1) is 10.5. The molecule has 0 aliphatic rings. The van der Waals surface area contributed by atoms with E-state index in [0.29, 0.717) is 10.6 Å². The van der Waals surface area contributed by atoms with Gasteiger partial charge in [0.15, 0.2) is 0 Å². The quantitative estimate of drug-likeness (QED) is 0.854. The number of halogens is 2. The minimum atomic E-state index is -0.851. The normalized spacial score (nSPS) is 10.1. The third-order valence-corrected chi connectivity index (χ3v) is 3.23. The second kappa shape index (κ2) is 7.04. The van der Waals surface area contributed by atoms with Crippen molar-refractivity contribution in [2.75, 3.05) is 5.32 Å². The van der Waals surface area contributed by atoms with Crippen LogP contribution in [0.4, 0.5) is 10.1 Å². The van der Waals surface area contributed by atoms with Gasteiger partial charge in [-0.25, -0.2) is 4.39 Å². The summed E-state index contributed by atoms with van der Waals surface area (Å²) in [7, 11) is 0. The van der Waals surface area contributed by atoms with Crippen molar-refractivity contribution >= 4 is 29.1 Å². The van der Waals surface area contributed by atoms with Crippen LogP contribution in [0, 0.1) is 12.7 Å². The molecule has 6 heteroatoms. The van der Waals surface area contributed by atoms with Crippen LogP contribution in [-0.4, -0.2) is 11.8 Å². The number of hydrogen-bond acceptors (Lipinski definition) is 2. The molecule has 2 N–H and O–H groups in total. The van der Waals surface area contributed by atoms with E-state index in [-0.39, 0.29) is 12.2 Å². The molecule has 0 saturated carbocycles. The number of aryl methyl sites for hydroxylation is 1. The summed E-state index contributed by atoms with van der Waals surface area (Å²) < 4.78 is 13.1. The highest BCUT2D eigenvalue weighted by molar-refractivity contribution is 6.39. The average molecular weight is 321 g/mol. The summed E-state index contributed by atoms with van der Waals surface area (Å²) in [6.45, 7) is 1.88. The number of carbonyl (C=O) groups is 2. The van der Waals surface area contributed by atoms with Crippen molar-refractivity contribution in [2.45, 2.75) is 13.5 Å². The fourth-order valence-corrected chi connectivity index (χ4v) is 2.03. The van der Waals surface area contributed by atoms with Gasteiger partial charge >= 0.3 is 11.8 Å². The van der Waals surface area contributed by atoms with E-state index in [1.165, 1.54) is 12.1 Å². The topological polar surface area (TPSA) is 58.2 Å². The Hall–Kier alpha value is -2.40. The van der Waals surface area contributed by atoms with Gasteiger partial charge in [0.25, 0.3) is 0 Å². The van der Waals surface area contributed by atoms with Crippen molar-refractivity contribution < 1.29 is 14.0 Å². The van der Waals surface area contributed by atoms with Gasteiger partial charge < -0.3 is 10.6 Å². The van der Waals surface area contributed by atoms with E-state index in [9.17, 15) is 14.0 Å². The summed E-state index contributed by atoms with van der Waals surface area (Å²) in [6, 6.07) is 10.9. The van der Waals surface area contributed by atoms with E-state index < -0.39 is 17.6 Å². The lowest BCUT2D eigenvalue weighted by Crippen LogP contribution is -2.35. The van der Waals surface area contributed by atoms with Crippen molar-refractivity contribution in [3.8, 4) is 0 Å². The summed E-state index contributed by atoms with van der Waals surface area (Å²) in [6.07, 6.45) is 0. The molecule has 0 aliphatic carbocycles. The predicted molar refractivity (Wildman–Crippen MR) is 83.1 cm³/mol. The minimum Gasteiger partial charge on any atom is -0.344 e. The number of amides is 2. The van der Waals surface area contributed by atoms with Crippen LogP contribution in [-0.2, 0) is 16.1 Å². The monoisotopic (exact) mass is 320 g/mol. The third-order valence-electron chi connectivity index (χ3n) is 3.00. The highest BCUT2D eigenvalue weighted by Crippen LogP contribution is 2.15. The van der Waals surface area contributed by atoms with Crippen LogP contribution >= 0.6 is 11.6 Å². The molecule has 0 heterocycles. The fraction of sp³-hybridized carbons (Fsp3) is 0.125. The van der Waals surface area contributed by atoms with Gasteiger partial charge in [0.1, 0.15) is 5.82 Å². The molecule has 0 bridgehead atoms. The molecule has 2 aromatic rings. The van der Waals surface area contributed by atoms with Crippen LogP contribution in [0.3, 0.4) is 0 Å². The molecule has 2 rings (SSSR count). The molecule has 114 valence electrons. The van der Waals surface area contributed by atoms with E-state index in [4.69, 9.17) is 11.6 Å². The van der Waals surface area contributed by atoms with Crippen LogP contribution in [0.5, 0.6) is 0 Å². The van der Waals surface area contributed by atoms with Gasteiger partial charge in [0, 0.05) is 17.3 Å². The first-order valence-electron chi connectivity index (χ1n) is 6.55. The Morgan fingerprint density at radius 1 is 1.14 bits per heavy atom. The standard InChI is InChI=1S/C16H14ClFN2O2/c1-10-5-6-13(18)8-14(10)20-16(22)15(21)19-9-11-3-2-4-12(17)7-11/h2-8H,9H2,1H3,(H,19,21)(H,20,22). The van der Waals surface area contributed by atoms with Crippen molar-refractivity contribution in [1.29, 1.82) is 0 Å². The zero-order valence-corrected chi connectivity index (χ0v) is 12.6. The zero-order chi connectivity index (χ0) is 16.1. The maximum absolute atomic E-state index is 13.1. The summed E-state index contributed by atoms with van der Waals surface area (Å²) in [5.74, 6) is -2.14. The van der Waals surface area contributed by atoms with E-state index in [1.807, 2.05) is 0 Å². The molecule has 0 spiro atoms. The molecule has 0 unspecified atom stereocenters. The Balaban J connectivity index is 1.95. The van der Waals surface area contributed by atoms with E-state index >= 15 is 0 Å². The summed E-state index contributed by atoms with van der Waals surface area (Å²) >= 11 is 5.83. The van der Waals surface area contributed by atoms with Gasteiger partial charge in [-0.1, -0.05) is 29.8 Å². The third kappa shape index (κ3) is 4.30. The molecule has 2 aromatic carbocycles. The van der Waals surface area contributed by atoms with Crippen LogP contribution in [0.25, 0.3) is 0 Å². The van der Waals surface area contributed by atoms with E-state index in [1.54, 1.807) is 31.2 Å².